The van der Waals surface area contributed by atoms with Gasteiger partial charge in [0.15, 0.2) is 0 Å². The van der Waals surface area contributed by atoms with Crippen molar-refractivity contribution in [1.29, 1.82) is 0 Å². The quantitative estimate of drug-likeness (QED) is 0.236. The molecule has 0 aromatic carbocycles. The molecule has 0 heterocycles. The van der Waals surface area contributed by atoms with E-state index in [1.807, 2.05) is 14.1 Å². The maximum absolute atomic E-state index is 13.3. The molecule has 30 heavy (non-hydrogen) atoms. The van der Waals surface area contributed by atoms with Crippen LogP contribution in [0, 0.1) is 16.7 Å². The molecule has 0 aliphatic carbocycles. The highest BCUT2D eigenvalue weighted by Crippen LogP contribution is 2.62. The summed E-state index contributed by atoms with van der Waals surface area (Å²) in [6.45, 7) is 8.78. The lowest BCUT2D eigenvalue weighted by atomic mass is 9.97. The van der Waals surface area contributed by atoms with Crippen molar-refractivity contribution in [1.82, 2.24) is 10.6 Å². The van der Waals surface area contributed by atoms with Gasteiger partial charge in [0, 0.05) is 5.75 Å². The third-order valence-corrected chi connectivity index (χ3v) is 7.51. The van der Waals surface area contributed by atoms with Crippen molar-refractivity contribution in [3.8, 4) is 0 Å². The fourth-order valence-corrected chi connectivity index (χ4v) is 5.45. The number of nitrogens with one attached hydrogen (secondary N) is 2. The second kappa shape index (κ2) is 13.0. The molecule has 0 radical (unpaired) electrons. The standard InChI is InChI=1S/C19H39N2O7PS/c1-14(27-17(23)19(5,6)7)28-29(24,26-13-25-16(22)18(2,3)4)30-12-15(10-20-8)11-21-9/h14-15,20-21H,10-13H2,1-9H3. The first-order valence-corrected chi connectivity index (χ1v) is 13.0. The molecule has 2 unspecified atom stereocenters. The Balaban J connectivity index is 5.15. The summed E-state index contributed by atoms with van der Waals surface area (Å²) in [5.74, 6) is -0.384. The molecule has 0 fully saturated rings. The zero-order valence-corrected chi connectivity index (χ0v) is 21.4. The van der Waals surface area contributed by atoms with Gasteiger partial charge in [-0.1, -0.05) is 0 Å². The predicted molar refractivity (Wildman–Crippen MR) is 119 cm³/mol. The summed E-state index contributed by atoms with van der Waals surface area (Å²) in [5, 5.41) is 6.17. The lowest BCUT2D eigenvalue weighted by molar-refractivity contribution is -0.172. The molecular formula is C19H39N2O7PS. The van der Waals surface area contributed by atoms with E-state index in [0.717, 1.165) is 11.4 Å². The van der Waals surface area contributed by atoms with Crippen LogP contribution in [0.2, 0.25) is 0 Å². The lowest BCUT2D eigenvalue weighted by Crippen LogP contribution is -2.30. The fraction of sp³-hybridized carbons (Fsp3) is 0.895. The first kappa shape index (κ1) is 29.4. The van der Waals surface area contributed by atoms with Gasteiger partial charge in [-0.15, -0.1) is 0 Å². The number of hydrogen-bond acceptors (Lipinski definition) is 10. The summed E-state index contributed by atoms with van der Waals surface area (Å²) >= 11 is 0.982. The first-order chi connectivity index (χ1) is 13.6. The van der Waals surface area contributed by atoms with Gasteiger partial charge >= 0.3 is 18.7 Å². The zero-order chi connectivity index (χ0) is 23.6. The molecule has 0 bridgehead atoms. The Hall–Kier alpha value is -0.640. The van der Waals surface area contributed by atoms with E-state index in [2.05, 4.69) is 10.6 Å². The van der Waals surface area contributed by atoms with Gasteiger partial charge in [-0.3, -0.25) is 18.6 Å². The molecule has 0 rings (SSSR count). The van der Waals surface area contributed by atoms with Gasteiger partial charge in [-0.25, -0.2) is 4.57 Å². The van der Waals surface area contributed by atoms with E-state index >= 15 is 0 Å². The molecule has 2 atom stereocenters. The minimum absolute atomic E-state index is 0.148. The maximum atomic E-state index is 13.3. The second-order valence-electron chi connectivity index (χ2n) is 8.98. The molecule has 2 N–H and O–H groups in total. The van der Waals surface area contributed by atoms with E-state index in [1.165, 1.54) is 6.92 Å². The van der Waals surface area contributed by atoms with Crippen LogP contribution in [0.3, 0.4) is 0 Å². The van der Waals surface area contributed by atoms with E-state index < -0.39 is 42.6 Å². The molecular weight excluding hydrogens is 431 g/mol. The Labute approximate surface area is 185 Å². The molecule has 0 spiro atoms. The zero-order valence-electron chi connectivity index (χ0n) is 19.7. The van der Waals surface area contributed by atoms with Gasteiger partial charge in [-0.2, -0.15) is 0 Å². The number of hydrogen-bond donors (Lipinski definition) is 2. The third kappa shape index (κ3) is 12.3. The Morgan fingerprint density at radius 2 is 1.47 bits per heavy atom. The highest BCUT2D eigenvalue weighted by Gasteiger charge is 2.34. The van der Waals surface area contributed by atoms with Crippen LogP contribution in [0.4, 0.5) is 0 Å². The summed E-state index contributed by atoms with van der Waals surface area (Å²) in [5.41, 5.74) is -1.45. The van der Waals surface area contributed by atoms with Gasteiger partial charge < -0.3 is 20.1 Å². The maximum Gasteiger partial charge on any atom is 0.395 e. The number of ether oxygens (including phenoxy) is 2. The summed E-state index contributed by atoms with van der Waals surface area (Å²) in [7, 11) is 3.67. The molecule has 11 heteroatoms. The average Bonchev–Trinajstić information content (AvgIpc) is 2.58. The number of esters is 2. The number of carbonyl (C=O) groups excluding carboxylic acids is 2. The summed E-state index contributed by atoms with van der Waals surface area (Å²) in [4.78, 5) is 24.0. The van der Waals surface area contributed by atoms with Crippen LogP contribution >= 0.6 is 18.2 Å². The Kier molecular flexibility index (Phi) is 12.8. The smallest absolute Gasteiger partial charge is 0.395 e. The Morgan fingerprint density at radius 1 is 0.967 bits per heavy atom. The van der Waals surface area contributed by atoms with Gasteiger partial charge in [-0.05, 0) is 93.0 Å². The van der Waals surface area contributed by atoms with Crippen molar-refractivity contribution in [2.45, 2.75) is 54.8 Å². The van der Waals surface area contributed by atoms with E-state index in [9.17, 15) is 14.2 Å². The van der Waals surface area contributed by atoms with E-state index in [4.69, 9.17) is 18.5 Å². The van der Waals surface area contributed by atoms with Crippen LogP contribution in [-0.4, -0.2) is 58.0 Å². The molecule has 0 saturated carbocycles. The van der Waals surface area contributed by atoms with Crippen LogP contribution in [0.25, 0.3) is 0 Å². The van der Waals surface area contributed by atoms with Crippen LogP contribution in [0.5, 0.6) is 0 Å². The molecule has 0 amide bonds. The monoisotopic (exact) mass is 470 g/mol. The summed E-state index contributed by atoms with van der Waals surface area (Å²) in [6.07, 6.45) is -1.10. The lowest BCUT2D eigenvalue weighted by Gasteiger charge is -2.26. The molecule has 0 aromatic rings. The minimum Gasteiger partial charge on any atom is -0.438 e. The topological polar surface area (TPSA) is 112 Å². The minimum atomic E-state index is -3.79. The van der Waals surface area contributed by atoms with Crippen molar-refractivity contribution in [2.75, 3.05) is 39.7 Å². The van der Waals surface area contributed by atoms with Crippen LogP contribution < -0.4 is 10.6 Å². The van der Waals surface area contributed by atoms with Crippen molar-refractivity contribution in [3.63, 3.8) is 0 Å². The average molecular weight is 471 g/mol. The normalized spacial score (nSPS) is 15.5. The van der Waals surface area contributed by atoms with Crippen LogP contribution in [0.15, 0.2) is 0 Å². The highest BCUT2D eigenvalue weighted by atomic mass is 32.7. The van der Waals surface area contributed by atoms with Crippen molar-refractivity contribution < 1.29 is 32.7 Å². The largest absolute Gasteiger partial charge is 0.438 e. The van der Waals surface area contributed by atoms with Gasteiger partial charge in [0.1, 0.15) is 0 Å². The Bertz CT molecular complexity index is 584. The van der Waals surface area contributed by atoms with Crippen molar-refractivity contribution in [3.05, 3.63) is 0 Å². The summed E-state index contributed by atoms with van der Waals surface area (Å²) in [6, 6.07) is 0. The first-order valence-electron chi connectivity index (χ1n) is 9.89. The fourth-order valence-electron chi connectivity index (χ4n) is 1.95. The SMILES string of the molecule is CNCC(CNC)CSP(=O)(OCOC(=O)C(C)(C)C)OC(C)OC(=O)C(C)(C)C. The molecule has 0 saturated heterocycles. The highest BCUT2D eigenvalue weighted by molar-refractivity contribution is 8.55. The van der Waals surface area contributed by atoms with Crippen LogP contribution in [0.1, 0.15) is 48.5 Å². The van der Waals surface area contributed by atoms with E-state index in [1.54, 1.807) is 41.5 Å². The second-order valence-corrected chi connectivity index (χ2v) is 13.1. The number of rotatable bonds is 13. The molecule has 0 aliphatic heterocycles. The van der Waals surface area contributed by atoms with E-state index in [0.29, 0.717) is 18.8 Å². The molecule has 9 nitrogen and oxygen atoms in total. The van der Waals surface area contributed by atoms with Gasteiger partial charge in [0.2, 0.25) is 13.1 Å². The van der Waals surface area contributed by atoms with Gasteiger partial charge in [0.25, 0.3) is 0 Å². The third-order valence-electron chi connectivity index (χ3n) is 3.63. The number of carbonyl (C=O) groups is 2. The van der Waals surface area contributed by atoms with Crippen molar-refractivity contribution in [2.24, 2.45) is 16.7 Å². The van der Waals surface area contributed by atoms with Crippen molar-refractivity contribution >= 4 is 30.1 Å². The van der Waals surface area contributed by atoms with E-state index in [-0.39, 0.29) is 5.92 Å². The van der Waals surface area contributed by atoms with Crippen LogP contribution in [-0.2, 0) is 32.7 Å². The molecule has 178 valence electrons. The molecule has 0 aromatic heterocycles. The Morgan fingerprint density at radius 3 is 1.90 bits per heavy atom. The summed E-state index contributed by atoms with van der Waals surface area (Å²) < 4.78 is 34.5. The molecule has 0 aliphatic rings. The van der Waals surface area contributed by atoms with Gasteiger partial charge in [0.05, 0.1) is 10.8 Å². The predicted octanol–water partition coefficient (Wildman–Crippen LogP) is 3.40.